The number of anilines is 2. The Hall–Kier alpha value is -5.23. The zero-order valence-corrected chi connectivity index (χ0v) is 25.8. The monoisotopic (exact) mass is 611 g/mol. The van der Waals surface area contributed by atoms with Crippen LogP contribution in [0, 0.1) is 0 Å². The fourth-order valence-electron chi connectivity index (χ4n) is 5.50. The van der Waals surface area contributed by atoms with Gasteiger partial charge < -0.3 is 30.0 Å². The first-order chi connectivity index (χ1) is 21.5. The number of hydrogen-bond donors (Lipinski definition) is 3. The molecule has 2 aromatic heterocycles. The molecule has 0 spiro atoms. The first-order valence-corrected chi connectivity index (χ1v) is 14.8. The fourth-order valence-corrected chi connectivity index (χ4v) is 5.50. The maximum absolute atomic E-state index is 13.1. The summed E-state index contributed by atoms with van der Waals surface area (Å²) in [6.07, 6.45) is 4.46. The number of carbonyl (C=O) groups excluding carboxylic acids is 5. The number of amides is 5. The van der Waals surface area contributed by atoms with Gasteiger partial charge in [0.15, 0.2) is 0 Å². The molecule has 1 aliphatic rings. The Bertz CT molecular complexity index is 1750. The average Bonchev–Trinajstić information content (AvgIpc) is 3.56. The number of imide groups is 1. The van der Waals surface area contributed by atoms with Gasteiger partial charge in [-0.2, -0.15) is 0 Å². The Morgan fingerprint density at radius 2 is 1.36 bits per heavy atom. The summed E-state index contributed by atoms with van der Waals surface area (Å²) in [6, 6.07) is 13.9. The minimum absolute atomic E-state index is 0.0728. The Morgan fingerprint density at radius 1 is 0.778 bits per heavy atom. The molecule has 0 fully saturated rings. The van der Waals surface area contributed by atoms with E-state index in [1.54, 1.807) is 72.0 Å². The van der Waals surface area contributed by atoms with E-state index in [2.05, 4.69) is 16.0 Å². The molecule has 234 valence electrons. The summed E-state index contributed by atoms with van der Waals surface area (Å²) in [6.45, 7) is 1.51. The number of carbonyl (C=O) groups is 5. The molecular weight excluding hydrogens is 574 g/mol. The molecular formula is C33H37N7O5. The lowest BCUT2D eigenvalue weighted by molar-refractivity contribution is -0.116. The molecule has 0 atom stereocenters. The van der Waals surface area contributed by atoms with Crippen LogP contribution in [-0.4, -0.2) is 82.2 Å². The Kier molecular flexibility index (Phi) is 9.14. The topological polar surface area (TPSA) is 138 Å². The summed E-state index contributed by atoms with van der Waals surface area (Å²) in [5, 5.41) is 9.98. The van der Waals surface area contributed by atoms with Gasteiger partial charge in [0.05, 0.1) is 11.4 Å². The Balaban J connectivity index is 1.13. The van der Waals surface area contributed by atoms with E-state index < -0.39 is 5.91 Å². The number of nitrogens with one attached hydrogen (secondary N) is 3. The third kappa shape index (κ3) is 6.80. The summed E-state index contributed by atoms with van der Waals surface area (Å²) >= 11 is 0. The van der Waals surface area contributed by atoms with Crippen LogP contribution in [0.15, 0.2) is 60.9 Å². The van der Waals surface area contributed by atoms with Gasteiger partial charge in [0, 0.05) is 62.5 Å². The van der Waals surface area contributed by atoms with Crippen LogP contribution < -0.4 is 16.0 Å². The molecule has 0 unspecified atom stereocenters. The maximum Gasteiger partial charge on any atom is 0.272 e. The highest BCUT2D eigenvalue weighted by molar-refractivity contribution is 6.25. The van der Waals surface area contributed by atoms with Crippen molar-refractivity contribution in [1.82, 2.24) is 24.3 Å². The normalized spacial score (nSPS) is 12.6. The first kappa shape index (κ1) is 31.2. The minimum Gasteiger partial charge on any atom is -0.351 e. The van der Waals surface area contributed by atoms with Crippen molar-refractivity contribution in [2.45, 2.75) is 19.3 Å². The number of rotatable bonds is 12. The molecule has 0 saturated carbocycles. The van der Waals surface area contributed by atoms with Crippen molar-refractivity contribution in [1.29, 1.82) is 0 Å². The molecule has 12 nitrogen and oxygen atoms in total. The third-order valence-electron chi connectivity index (χ3n) is 7.73. The molecule has 3 N–H and O–H groups in total. The largest absolute Gasteiger partial charge is 0.351 e. The molecule has 5 rings (SSSR count). The number of hydrogen-bond acceptors (Lipinski definition) is 6. The van der Waals surface area contributed by atoms with E-state index >= 15 is 0 Å². The standard InChI is InChI=1S/C33H37N7O5/c1-37(2)15-8-14-34-30(42)26-18-23(20-38(26)3)36-31(43)27-17-22(19-39(27)4)35-28(41)13-7-16-40-32(44)24-11-5-9-21-10-6-12-25(29(21)24)33(40)45/h5-6,9-12,17-20H,7-8,13-16H2,1-4H3,(H,34,42)(H,35,41)(H,36,43). The van der Waals surface area contributed by atoms with E-state index in [1.807, 2.05) is 31.1 Å². The number of nitrogens with zero attached hydrogens (tertiary/aromatic N) is 4. The molecule has 1 aliphatic heterocycles. The third-order valence-corrected chi connectivity index (χ3v) is 7.73. The molecule has 0 aliphatic carbocycles. The van der Waals surface area contributed by atoms with Crippen LogP contribution in [0.1, 0.15) is 61.0 Å². The summed E-state index contributed by atoms with van der Waals surface area (Å²) in [5.41, 5.74) is 2.59. The highest BCUT2D eigenvalue weighted by Gasteiger charge is 2.32. The van der Waals surface area contributed by atoms with Gasteiger partial charge in [0.2, 0.25) is 5.91 Å². The molecule has 12 heteroatoms. The van der Waals surface area contributed by atoms with Crippen molar-refractivity contribution in [3.63, 3.8) is 0 Å². The molecule has 5 amide bonds. The van der Waals surface area contributed by atoms with Crippen molar-refractivity contribution < 1.29 is 24.0 Å². The van der Waals surface area contributed by atoms with E-state index in [4.69, 9.17) is 0 Å². The number of aryl methyl sites for hydroxylation is 2. The minimum atomic E-state index is -0.404. The molecule has 2 aromatic carbocycles. The van der Waals surface area contributed by atoms with Crippen molar-refractivity contribution >= 4 is 51.7 Å². The van der Waals surface area contributed by atoms with Crippen LogP contribution in [0.4, 0.5) is 11.4 Å². The van der Waals surface area contributed by atoms with E-state index in [-0.39, 0.29) is 43.0 Å². The van der Waals surface area contributed by atoms with Gasteiger partial charge in [-0.1, -0.05) is 24.3 Å². The number of benzene rings is 2. The van der Waals surface area contributed by atoms with Crippen LogP contribution in [0.2, 0.25) is 0 Å². The van der Waals surface area contributed by atoms with Gasteiger partial charge in [0.1, 0.15) is 11.4 Å². The Morgan fingerprint density at radius 3 is 1.96 bits per heavy atom. The van der Waals surface area contributed by atoms with Crippen LogP contribution in [0.25, 0.3) is 10.8 Å². The van der Waals surface area contributed by atoms with Crippen molar-refractivity contribution in [3.05, 3.63) is 83.4 Å². The van der Waals surface area contributed by atoms with Gasteiger partial charge in [-0.25, -0.2) is 0 Å². The summed E-state index contributed by atoms with van der Waals surface area (Å²) < 4.78 is 3.24. The zero-order valence-electron chi connectivity index (χ0n) is 25.8. The highest BCUT2D eigenvalue weighted by Crippen LogP contribution is 2.30. The van der Waals surface area contributed by atoms with Crippen molar-refractivity contribution in [2.75, 3.05) is 44.4 Å². The predicted octanol–water partition coefficient (Wildman–Crippen LogP) is 3.47. The van der Waals surface area contributed by atoms with Gasteiger partial charge in [-0.15, -0.1) is 0 Å². The average molecular weight is 612 g/mol. The smallest absolute Gasteiger partial charge is 0.272 e. The fraction of sp³-hybridized carbons (Fsp3) is 0.303. The molecule has 45 heavy (non-hydrogen) atoms. The second-order valence-corrected chi connectivity index (χ2v) is 11.4. The van der Waals surface area contributed by atoms with Crippen molar-refractivity contribution in [3.8, 4) is 0 Å². The Labute approximate surface area is 261 Å². The molecule has 0 bridgehead atoms. The summed E-state index contributed by atoms with van der Waals surface area (Å²) in [4.78, 5) is 67.8. The number of aromatic nitrogens is 2. The molecule has 4 aromatic rings. The molecule has 0 saturated heterocycles. The van der Waals surface area contributed by atoms with Crippen molar-refractivity contribution in [2.24, 2.45) is 14.1 Å². The van der Waals surface area contributed by atoms with Gasteiger partial charge >= 0.3 is 0 Å². The SMILES string of the molecule is CN(C)CCCNC(=O)c1cc(NC(=O)c2cc(NC(=O)CCCN3C(=O)c4cccc5cccc(c45)C3=O)cn2C)cn1C. The van der Waals surface area contributed by atoms with Gasteiger partial charge in [0.25, 0.3) is 23.6 Å². The van der Waals surface area contributed by atoms with E-state index in [9.17, 15) is 24.0 Å². The molecule has 3 heterocycles. The quantitative estimate of drug-likeness (QED) is 0.166. The van der Waals surface area contributed by atoms with E-state index in [0.29, 0.717) is 45.8 Å². The maximum atomic E-state index is 13.1. The van der Waals surface area contributed by atoms with Crippen LogP contribution in [0.3, 0.4) is 0 Å². The second-order valence-electron chi connectivity index (χ2n) is 11.4. The zero-order chi connectivity index (χ0) is 32.2. The predicted molar refractivity (Wildman–Crippen MR) is 171 cm³/mol. The lowest BCUT2D eigenvalue weighted by Gasteiger charge is -2.27. The lowest BCUT2D eigenvalue weighted by Crippen LogP contribution is -2.41. The van der Waals surface area contributed by atoms with E-state index in [1.165, 1.54) is 4.90 Å². The van der Waals surface area contributed by atoms with E-state index in [0.717, 1.165) is 18.4 Å². The van der Waals surface area contributed by atoms with Gasteiger partial charge in [-0.3, -0.25) is 28.9 Å². The second kappa shape index (κ2) is 13.2. The highest BCUT2D eigenvalue weighted by atomic mass is 16.2. The van der Waals surface area contributed by atoms with Gasteiger partial charge in [-0.05, 0) is 63.1 Å². The lowest BCUT2D eigenvalue weighted by atomic mass is 9.94. The first-order valence-electron chi connectivity index (χ1n) is 14.8. The summed E-state index contributed by atoms with van der Waals surface area (Å²) in [7, 11) is 7.37. The van der Waals surface area contributed by atoms with Crippen LogP contribution in [-0.2, 0) is 18.9 Å². The van der Waals surface area contributed by atoms with Crippen LogP contribution in [0.5, 0.6) is 0 Å². The van der Waals surface area contributed by atoms with Crippen LogP contribution >= 0.6 is 0 Å². The summed E-state index contributed by atoms with van der Waals surface area (Å²) in [5.74, 6) is -1.67. The molecule has 0 radical (unpaired) electrons.